The van der Waals surface area contributed by atoms with Crippen molar-refractivity contribution in [2.75, 3.05) is 0 Å². The molecule has 0 atom stereocenters. The third-order valence-corrected chi connectivity index (χ3v) is 10.4. The van der Waals surface area contributed by atoms with E-state index >= 15 is 0 Å². The summed E-state index contributed by atoms with van der Waals surface area (Å²) in [5.74, 6) is 2.60. The van der Waals surface area contributed by atoms with Gasteiger partial charge < -0.3 is 14.2 Å². The van der Waals surface area contributed by atoms with E-state index in [1.165, 1.54) is 21.2 Å². The second-order valence-corrected chi connectivity index (χ2v) is 16.5. The van der Waals surface area contributed by atoms with Crippen LogP contribution in [0, 0.1) is 0 Å². The Labute approximate surface area is 241 Å². The lowest BCUT2D eigenvalue weighted by molar-refractivity contribution is 0.130. The third kappa shape index (κ3) is 7.26. The van der Waals surface area contributed by atoms with E-state index in [-0.39, 0.29) is 16.8 Å². The number of ether oxygens (including phenoxy) is 3. The van der Waals surface area contributed by atoms with Gasteiger partial charge in [-0.25, -0.2) is 0 Å². The van der Waals surface area contributed by atoms with E-state index in [0.29, 0.717) is 0 Å². The highest BCUT2D eigenvalue weighted by atomic mass is 31.2. The summed E-state index contributed by atoms with van der Waals surface area (Å²) in [5.41, 5.74) is -0.795. The molecule has 0 spiro atoms. The molecule has 0 amide bonds. The molecule has 0 unspecified atom stereocenters. The molecule has 0 aliphatic rings. The summed E-state index contributed by atoms with van der Waals surface area (Å²) in [6.45, 7) is 18.7. The van der Waals surface area contributed by atoms with Gasteiger partial charge in [0.05, 0.1) is 0 Å². The van der Waals surface area contributed by atoms with Crippen LogP contribution in [-0.2, 0) is 0 Å². The van der Waals surface area contributed by atoms with E-state index < -0.39 is 7.26 Å². The van der Waals surface area contributed by atoms with Crippen molar-refractivity contribution in [1.29, 1.82) is 0 Å². The molecule has 0 heterocycles. The summed E-state index contributed by atoms with van der Waals surface area (Å²) in [4.78, 5) is 0. The lowest BCUT2D eigenvalue weighted by atomic mass is 10.2. The van der Waals surface area contributed by atoms with E-state index in [0.717, 1.165) is 17.2 Å². The van der Waals surface area contributed by atoms with Gasteiger partial charge in [0.25, 0.3) is 0 Å². The molecule has 0 N–H and O–H groups in total. The van der Waals surface area contributed by atoms with Crippen molar-refractivity contribution in [2.45, 2.75) is 79.1 Å². The first-order chi connectivity index (χ1) is 18.7. The minimum Gasteiger partial charge on any atom is -0.488 e. The van der Waals surface area contributed by atoms with E-state index in [1.807, 2.05) is 0 Å². The molecular weight excluding hydrogens is 511 g/mol. The Hall–Kier alpha value is -3.29. The van der Waals surface area contributed by atoms with E-state index in [2.05, 4.69) is 165 Å². The van der Waals surface area contributed by atoms with E-state index in [9.17, 15) is 0 Å². The molecule has 4 heteroatoms. The lowest BCUT2D eigenvalue weighted by Gasteiger charge is -2.29. The Morgan fingerprint density at radius 1 is 0.350 bits per heavy atom. The zero-order valence-electron chi connectivity index (χ0n) is 25.5. The third-order valence-electron chi connectivity index (χ3n) is 6.09. The minimum atomic E-state index is -2.29. The Bertz CT molecular complexity index is 1230. The van der Waals surface area contributed by atoms with Gasteiger partial charge in [0.1, 0.15) is 62.5 Å². The molecule has 4 aromatic rings. The number of hydrogen-bond donors (Lipinski definition) is 0. The van der Waals surface area contributed by atoms with Crippen molar-refractivity contribution >= 4 is 28.5 Å². The van der Waals surface area contributed by atoms with E-state index in [1.54, 1.807) is 0 Å². The van der Waals surface area contributed by atoms with Crippen LogP contribution >= 0.6 is 7.26 Å². The van der Waals surface area contributed by atoms with Crippen molar-refractivity contribution in [2.24, 2.45) is 0 Å². The highest BCUT2D eigenvalue weighted by Crippen LogP contribution is 2.54. The highest BCUT2D eigenvalue weighted by Gasteiger charge is 2.48. The molecule has 0 fully saturated rings. The fraction of sp³-hybridized carbons (Fsp3) is 0.333. The molecular formula is C36H44O3P+. The molecule has 3 nitrogen and oxygen atoms in total. The van der Waals surface area contributed by atoms with Gasteiger partial charge in [-0.05, 0) is 147 Å². The first kappa shape index (κ1) is 29.7. The monoisotopic (exact) mass is 555 g/mol. The second kappa shape index (κ2) is 11.3. The van der Waals surface area contributed by atoms with Gasteiger partial charge in [0.2, 0.25) is 0 Å². The lowest BCUT2D eigenvalue weighted by Crippen LogP contribution is -2.38. The molecule has 0 radical (unpaired) electrons. The topological polar surface area (TPSA) is 27.7 Å². The van der Waals surface area contributed by atoms with Gasteiger partial charge >= 0.3 is 0 Å². The maximum absolute atomic E-state index is 6.19. The summed E-state index contributed by atoms with van der Waals surface area (Å²) in [5, 5.41) is 5.06. The van der Waals surface area contributed by atoms with Gasteiger partial charge in [0.15, 0.2) is 0 Å². The van der Waals surface area contributed by atoms with Crippen LogP contribution in [0.1, 0.15) is 62.3 Å². The Balaban J connectivity index is 1.94. The van der Waals surface area contributed by atoms with Gasteiger partial charge in [-0.1, -0.05) is 18.2 Å². The number of hydrogen-bond acceptors (Lipinski definition) is 3. The molecule has 4 aromatic carbocycles. The quantitative estimate of drug-likeness (QED) is 0.218. The van der Waals surface area contributed by atoms with Gasteiger partial charge in [-0.3, -0.25) is 0 Å². The fourth-order valence-electron chi connectivity index (χ4n) is 4.82. The van der Waals surface area contributed by atoms with Crippen molar-refractivity contribution in [1.82, 2.24) is 0 Å². The standard InChI is InChI=1S/C36H44O3P/c1-34(2,3)37-27-15-21-31(22-16-27)40(30-13-11-10-12-14-30,32-23-17-28(18-24-32)38-35(4,5)6)33-25-19-29(20-26-33)39-36(7,8)9/h10-26H,1-9H3/q+1. The molecule has 0 aliphatic heterocycles. The summed E-state index contributed by atoms with van der Waals surface area (Å²) in [7, 11) is -2.29. The van der Waals surface area contributed by atoms with Crippen molar-refractivity contribution in [3.63, 3.8) is 0 Å². The first-order valence-corrected chi connectivity index (χ1v) is 15.8. The van der Waals surface area contributed by atoms with Crippen LogP contribution in [0.3, 0.4) is 0 Å². The fourth-order valence-corrected chi connectivity index (χ4v) is 9.02. The maximum Gasteiger partial charge on any atom is 0.144 e. The van der Waals surface area contributed by atoms with Crippen LogP contribution < -0.4 is 35.4 Å². The molecule has 0 aliphatic carbocycles. The predicted molar refractivity (Wildman–Crippen MR) is 172 cm³/mol. The largest absolute Gasteiger partial charge is 0.488 e. The molecule has 0 aromatic heterocycles. The first-order valence-electron chi connectivity index (χ1n) is 14.0. The molecule has 0 bridgehead atoms. The van der Waals surface area contributed by atoms with Crippen LogP contribution in [0.4, 0.5) is 0 Å². The van der Waals surface area contributed by atoms with Crippen molar-refractivity contribution in [3.8, 4) is 17.2 Å². The zero-order chi connectivity index (χ0) is 29.2. The molecule has 40 heavy (non-hydrogen) atoms. The Morgan fingerprint density at radius 3 is 0.850 bits per heavy atom. The molecule has 0 saturated carbocycles. The highest BCUT2D eigenvalue weighted by molar-refractivity contribution is 8.01. The molecule has 0 saturated heterocycles. The minimum absolute atomic E-state index is 0.265. The number of benzene rings is 4. The summed E-state index contributed by atoms with van der Waals surface area (Å²) < 4.78 is 18.6. The van der Waals surface area contributed by atoms with Crippen molar-refractivity contribution in [3.05, 3.63) is 103 Å². The van der Waals surface area contributed by atoms with Crippen molar-refractivity contribution < 1.29 is 14.2 Å². The van der Waals surface area contributed by atoms with Crippen LogP contribution in [0.2, 0.25) is 0 Å². The van der Waals surface area contributed by atoms with Crippen LogP contribution in [0.15, 0.2) is 103 Å². The predicted octanol–water partition coefficient (Wildman–Crippen LogP) is 7.84. The van der Waals surface area contributed by atoms with Crippen LogP contribution in [0.25, 0.3) is 0 Å². The zero-order valence-corrected chi connectivity index (χ0v) is 26.4. The molecule has 210 valence electrons. The van der Waals surface area contributed by atoms with Crippen LogP contribution in [-0.4, -0.2) is 16.8 Å². The summed E-state index contributed by atoms with van der Waals surface area (Å²) in [6.07, 6.45) is 0. The van der Waals surface area contributed by atoms with E-state index in [4.69, 9.17) is 14.2 Å². The normalized spacial score (nSPS) is 12.6. The average Bonchev–Trinajstić information content (AvgIpc) is 2.85. The summed E-state index contributed by atoms with van der Waals surface area (Å²) >= 11 is 0. The van der Waals surface area contributed by atoms with Gasteiger partial charge in [0, 0.05) is 0 Å². The summed E-state index contributed by atoms with van der Waals surface area (Å²) in [6, 6.07) is 36.9. The van der Waals surface area contributed by atoms with Crippen LogP contribution in [0.5, 0.6) is 17.2 Å². The smallest absolute Gasteiger partial charge is 0.144 e. The number of rotatable bonds is 7. The second-order valence-electron chi connectivity index (χ2n) is 13.1. The molecule has 4 rings (SSSR count). The maximum atomic E-state index is 6.19. The Kier molecular flexibility index (Phi) is 8.38. The van der Waals surface area contributed by atoms with Gasteiger partial charge in [-0.15, -0.1) is 0 Å². The van der Waals surface area contributed by atoms with Gasteiger partial charge in [-0.2, -0.15) is 0 Å². The SMILES string of the molecule is CC(C)(C)Oc1ccc([P+](c2ccccc2)(c2ccc(OC(C)(C)C)cc2)c2ccc(OC(C)(C)C)cc2)cc1. The average molecular weight is 556 g/mol. The Morgan fingerprint density at radius 2 is 0.600 bits per heavy atom.